The van der Waals surface area contributed by atoms with Gasteiger partial charge < -0.3 is 25.2 Å². The van der Waals surface area contributed by atoms with Crippen molar-refractivity contribution in [2.75, 3.05) is 58.7 Å². The van der Waals surface area contributed by atoms with Crippen LogP contribution in [-0.4, -0.2) is 104 Å². The van der Waals surface area contributed by atoms with Gasteiger partial charge in [-0.15, -0.1) is 0 Å². The van der Waals surface area contributed by atoms with E-state index in [2.05, 4.69) is 37.7 Å². The average molecular weight is 559 g/mol. The molecule has 3 fully saturated rings. The molecular weight excluding hydrogens is 520 g/mol. The van der Waals surface area contributed by atoms with Crippen molar-refractivity contribution in [3.8, 4) is 0 Å². The smallest absolute Gasteiger partial charge is 0.337 e. The number of esters is 1. The molecule has 0 saturated carbocycles. The third-order valence-electron chi connectivity index (χ3n) is 8.80. The maximum Gasteiger partial charge on any atom is 0.337 e. The van der Waals surface area contributed by atoms with E-state index in [1.807, 2.05) is 30.3 Å². The van der Waals surface area contributed by atoms with Crippen LogP contribution in [0.3, 0.4) is 0 Å². The van der Waals surface area contributed by atoms with Crippen LogP contribution < -0.4 is 16.0 Å². The Morgan fingerprint density at radius 1 is 0.976 bits per heavy atom. The number of likely N-dealkylation sites (N-methyl/N-ethyl adjacent to an activating group) is 1. The molecule has 0 aliphatic carbocycles. The minimum absolute atomic E-state index is 0.0576. The standard InChI is InChI=1S/C31H38N6O4/c1-35-14-16-36(17-15-35)19-27(38)37-13-12-23-25(37)10-11-26(32-23)34-29(20-6-4-3-5-7-20)28-22-9-8-21(31(40)41-2)18-24(22)33-30(28)39/h3-9,18,23,25-26,32,34H,10-17,19H2,1-2H3,(H,33,39)/b29-28-. The first-order valence-corrected chi connectivity index (χ1v) is 14.5. The van der Waals surface area contributed by atoms with Gasteiger partial charge in [0.15, 0.2) is 0 Å². The van der Waals surface area contributed by atoms with E-state index in [1.54, 1.807) is 18.2 Å². The van der Waals surface area contributed by atoms with Gasteiger partial charge in [-0.1, -0.05) is 36.4 Å². The zero-order chi connectivity index (χ0) is 28.5. The van der Waals surface area contributed by atoms with Crippen LogP contribution in [0, 0.1) is 0 Å². The first-order valence-electron chi connectivity index (χ1n) is 14.5. The van der Waals surface area contributed by atoms with Gasteiger partial charge in [-0.2, -0.15) is 0 Å². The van der Waals surface area contributed by atoms with E-state index in [9.17, 15) is 14.4 Å². The Balaban J connectivity index is 1.19. The molecule has 6 rings (SSSR count). The number of piperidine rings is 1. The fraction of sp³-hybridized carbons (Fsp3) is 0.452. The molecule has 10 heteroatoms. The molecule has 216 valence electrons. The van der Waals surface area contributed by atoms with Crippen molar-refractivity contribution in [2.45, 2.75) is 37.5 Å². The molecule has 0 bridgehead atoms. The molecule has 4 aliphatic rings. The summed E-state index contributed by atoms with van der Waals surface area (Å²) < 4.78 is 4.85. The van der Waals surface area contributed by atoms with Crippen LogP contribution in [0.15, 0.2) is 48.5 Å². The Morgan fingerprint density at radius 2 is 1.76 bits per heavy atom. The maximum absolute atomic E-state index is 13.3. The Bertz CT molecular complexity index is 1350. The fourth-order valence-corrected chi connectivity index (χ4v) is 6.54. The maximum atomic E-state index is 13.3. The number of benzene rings is 2. The third-order valence-corrected chi connectivity index (χ3v) is 8.80. The van der Waals surface area contributed by atoms with Gasteiger partial charge in [0, 0.05) is 50.4 Å². The molecule has 4 heterocycles. The molecule has 3 saturated heterocycles. The number of methoxy groups -OCH3 is 1. The van der Waals surface area contributed by atoms with Gasteiger partial charge in [0.1, 0.15) is 0 Å². The van der Waals surface area contributed by atoms with Gasteiger partial charge in [-0.25, -0.2) is 4.79 Å². The molecule has 2 aromatic carbocycles. The highest BCUT2D eigenvalue weighted by Gasteiger charge is 2.41. The highest BCUT2D eigenvalue weighted by molar-refractivity contribution is 6.36. The number of fused-ring (bicyclic) bond motifs is 2. The van der Waals surface area contributed by atoms with Crippen molar-refractivity contribution >= 4 is 34.7 Å². The monoisotopic (exact) mass is 558 g/mol. The van der Waals surface area contributed by atoms with Crippen molar-refractivity contribution in [2.24, 2.45) is 0 Å². The van der Waals surface area contributed by atoms with Crippen molar-refractivity contribution in [3.05, 3.63) is 65.2 Å². The topological polar surface area (TPSA) is 106 Å². The first kappa shape index (κ1) is 27.4. The minimum Gasteiger partial charge on any atom is -0.465 e. The zero-order valence-electron chi connectivity index (χ0n) is 23.7. The number of ether oxygens (including phenoxy) is 1. The molecule has 2 amide bonds. The van der Waals surface area contributed by atoms with Crippen molar-refractivity contribution in [1.29, 1.82) is 0 Å². The molecule has 0 radical (unpaired) electrons. The first-order chi connectivity index (χ1) is 19.9. The molecule has 2 aromatic rings. The van der Waals surface area contributed by atoms with E-state index in [0.29, 0.717) is 23.4 Å². The van der Waals surface area contributed by atoms with E-state index >= 15 is 0 Å². The summed E-state index contributed by atoms with van der Waals surface area (Å²) in [6.45, 7) is 5.14. The fourth-order valence-electron chi connectivity index (χ4n) is 6.54. The number of amides is 2. The molecule has 0 spiro atoms. The van der Waals surface area contributed by atoms with Crippen LogP contribution in [0.1, 0.15) is 40.7 Å². The van der Waals surface area contributed by atoms with Gasteiger partial charge in [-0.05, 0) is 44.0 Å². The number of piperazine rings is 1. The van der Waals surface area contributed by atoms with Crippen molar-refractivity contribution < 1.29 is 19.1 Å². The van der Waals surface area contributed by atoms with Crippen LogP contribution in [-0.2, 0) is 14.3 Å². The van der Waals surface area contributed by atoms with Crippen LogP contribution in [0.25, 0.3) is 11.3 Å². The summed E-state index contributed by atoms with van der Waals surface area (Å²) in [5.41, 5.74) is 3.90. The highest BCUT2D eigenvalue weighted by atomic mass is 16.5. The summed E-state index contributed by atoms with van der Waals surface area (Å²) >= 11 is 0. The lowest BCUT2D eigenvalue weighted by atomic mass is 9.95. The lowest BCUT2D eigenvalue weighted by Crippen LogP contribution is -2.57. The normalized spacial score (nSPS) is 25.8. The number of rotatable bonds is 6. The second-order valence-electron chi connectivity index (χ2n) is 11.4. The molecule has 3 atom stereocenters. The largest absolute Gasteiger partial charge is 0.465 e. The number of nitrogens with one attached hydrogen (secondary N) is 3. The number of hydrogen-bond acceptors (Lipinski definition) is 8. The molecule has 41 heavy (non-hydrogen) atoms. The van der Waals surface area contributed by atoms with E-state index in [-0.39, 0.29) is 30.1 Å². The molecule has 10 nitrogen and oxygen atoms in total. The quantitative estimate of drug-likeness (QED) is 0.364. The van der Waals surface area contributed by atoms with Crippen molar-refractivity contribution in [1.82, 2.24) is 25.3 Å². The summed E-state index contributed by atoms with van der Waals surface area (Å²) in [4.78, 5) is 45.3. The number of anilines is 1. The number of likely N-dealkylation sites (tertiary alicyclic amines) is 1. The number of carbonyl (C=O) groups excluding carboxylic acids is 3. The second-order valence-corrected chi connectivity index (χ2v) is 11.4. The van der Waals surface area contributed by atoms with Crippen LogP contribution in [0.4, 0.5) is 5.69 Å². The summed E-state index contributed by atoms with van der Waals surface area (Å²) in [5, 5.41) is 10.3. The summed E-state index contributed by atoms with van der Waals surface area (Å²) in [5.74, 6) is -0.439. The van der Waals surface area contributed by atoms with Gasteiger partial charge in [0.05, 0.1) is 42.3 Å². The Kier molecular flexibility index (Phi) is 7.79. The van der Waals surface area contributed by atoms with Gasteiger partial charge >= 0.3 is 5.97 Å². The Hall–Kier alpha value is -3.73. The lowest BCUT2D eigenvalue weighted by molar-refractivity contribution is -0.134. The molecule has 3 N–H and O–H groups in total. The Morgan fingerprint density at radius 3 is 2.51 bits per heavy atom. The van der Waals surface area contributed by atoms with Gasteiger partial charge in [0.25, 0.3) is 5.91 Å². The highest BCUT2D eigenvalue weighted by Crippen LogP contribution is 2.37. The van der Waals surface area contributed by atoms with E-state index < -0.39 is 5.97 Å². The van der Waals surface area contributed by atoms with Crippen LogP contribution in [0.5, 0.6) is 0 Å². The van der Waals surface area contributed by atoms with Crippen molar-refractivity contribution in [3.63, 3.8) is 0 Å². The predicted octanol–water partition coefficient (Wildman–Crippen LogP) is 1.81. The second kappa shape index (κ2) is 11.6. The lowest BCUT2D eigenvalue weighted by Gasteiger charge is -2.39. The van der Waals surface area contributed by atoms with E-state index in [1.165, 1.54) is 7.11 Å². The van der Waals surface area contributed by atoms with E-state index in [0.717, 1.165) is 68.8 Å². The summed E-state index contributed by atoms with van der Waals surface area (Å²) in [6, 6.07) is 15.4. The van der Waals surface area contributed by atoms with Crippen LogP contribution >= 0.6 is 0 Å². The summed E-state index contributed by atoms with van der Waals surface area (Å²) in [7, 11) is 3.46. The SMILES string of the molecule is COC(=O)c1ccc2c(c1)NC(=O)/C2=C(\NC1CCC2C(CCN2C(=O)CN2CCN(C)CC2)N1)c1ccccc1. The predicted molar refractivity (Wildman–Crippen MR) is 157 cm³/mol. The number of hydrogen-bond donors (Lipinski definition) is 3. The molecular formula is C31H38N6O4. The third kappa shape index (κ3) is 5.59. The van der Waals surface area contributed by atoms with Crippen LogP contribution in [0.2, 0.25) is 0 Å². The molecule has 0 aromatic heterocycles. The summed E-state index contributed by atoms with van der Waals surface area (Å²) in [6.07, 6.45) is 2.57. The molecule has 3 unspecified atom stereocenters. The van der Waals surface area contributed by atoms with Gasteiger partial charge in [0.2, 0.25) is 5.91 Å². The minimum atomic E-state index is -0.450. The molecule has 4 aliphatic heterocycles. The van der Waals surface area contributed by atoms with Gasteiger partial charge in [-0.3, -0.25) is 19.8 Å². The number of nitrogens with zero attached hydrogens (tertiary/aromatic N) is 3. The average Bonchev–Trinajstić information content (AvgIpc) is 3.56. The van der Waals surface area contributed by atoms with E-state index in [4.69, 9.17) is 4.74 Å². The Labute approximate surface area is 240 Å². The zero-order valence-corrected chi connectivity index (χ0v) is 23.7. The number of carbonyl (C=O) groups is 3.